The summed E-state index contributed by atoms with van der Waals surface area (Å²) in [5.41, 5.74) is 1.06. The van der Waals surface area contributed by atoms with E-state index in [4.69, 9.17) is 11.6 Å². The number of benzene rings is 1. The van der Waals surface area contributed by atoms with Gasteiger partial charge in [-0.2, -0.15) is 16.9 Å². The molecule has 2 heterocycles. The molecule has 5 nitrogen and oxygen atoms in total. The van der Waals surface area contributed by atoms with Crippen molar-refractivity contribution in [3.63, 3.8) is 0 Å². The Kier molecular flexibility index (Phi) is 4.73. The average molecular weight is 350 g/mol. The number of aromatic nitrogens is 2. The van der Waals surface area contributed by atoms with Crippen LogP contribution in [0.1, 0.15) is 16.2 Å². The van der Waals surface area contributed by atoms with Crippen molar-refractivity contribution in [2.24, 2.45) is 0 Å². The molecule has 0 aliphatic carbocycles. The number of carbonyl (C=O) groups is 1. The van der Waals surface area contributed by atoms with E-state index in [1.165, 1.54) is 6.07 Å². The quantitative estimate of drug-likeness (QED) is 0.835. The molecular weight excluding hydrogens is 334 g/mol. The monoisotopic (exact) mass is 349 g/mol. The molecule has 1 saturated heterocycles. The van der Waals surface area contributed by atoms with Crippen molar-refractivity contribution < 1.29 is 4.79 Å². The fourth-order valence-corrected chi connectivity index (χ4v) is 3.48. The predicted octanol–water partition coefficient (Wildman–Crippen LogP) is 2.38. The van der Waals surface area contributed by atoms with Crippen molar-refractivity contribution in [1.82, 2.24) is 14.7 Å². The minimum atomic E-state index is -0.337. The van der Waals surface area contributed by atoms with Crippen LogP contribution in [0.2, 0.25) is 5.02 Å². The van der Waals surface area contributed by atoms with E-state index in [1.807, 2.05) is 11.8 Å². The van der Waals surface area contributed by atoms with Crippen molar-refractivity contribution in [2.75, 3.05) is 24.6 Å². The van der Waals surface area contributed by atoms with Gasteiger partial charge in [0.05, 0.1) is 5.69 Å². The summed E-state index contributed by atoms with van der Waals surface area (Å²) in [4.78, 5) is 26.5. The van der Waals surface area contributed by atoms with Crippen LogP contribution in [0.25, 0.3) is 5.69 Å². The van der Waals surface area contributed by atoms with Gasteiger partial charge >= 0.3 is 0 Å². The van der Waals surface area contributed by atoms with Crippen molar-refractivity contribution in [1.29, 1.82) is 0 Å². The van der Waals surface area contributed by atoms with Gasteiger partial charge in [-0.05, 0) is 31.2 Å². The molecule has 0 unspecified atom stereocenters. The first-order valence-electron chi connectivity index (χ1n) is 7.30. The van der Waals surface area contributed by atoms with Crippen molar-refractivity contribution in [3.05, 3.63) is 57.0 Å². The van der Waals surface area contributed by atoms with E-state index in [-0.39, 0.29) is 17.0 Å². The summed E-state index contributed by atoms with van der Waals surface area (Å²) in [5, 5.41) is 4.93. The van der Waals surface area contributed by atoms with Gasteiger partial charge in [0.2, 0.25) is 5.43 Å². The van der Waals surface area contributed by atoms with Crippen LogP contribution in [0.15, 0.2) is 35.1 Å². The summed E-state index contributed by atoms with van der Waals surface area (Å²) in [6, 6.07) is 8.56. The van der Waals surface area contributed by atoms with Crippen LogP contribution in [-0.4, -0.2) is 45.2 Å². The van der Waals surface area contributed by atoms with Crippen LogP contribution in [0.4, 0.5) is 0 Å². The normalized spacial score (nSPS) is 14.8. The zero-order valence-electron chi connectivity index (χ0n) is 12.7. The molecule has 1 aromatic carbocycles. The highest BCUT2D eigenvalue weighted by atomic mass is 35.5. The minimum absolute atomic E-state index is 0.0301. The van der Waals surface area contributed by atoms with Gasteiger partial charge in [0.25, 0.3) is 5.91 Å². The van der Waals surface area contributed by atoms with Gasteiger partial charge in [0.15, 0.2) is 5.69 Å². The van der Waals surface area contributed by atoms with Gasteiger partial charge in [0, 0.05) is 41.4 Å². The van der Waals surface area contributed by atoms with Gasteiger partial charge in [0.1, 0.15) is 0 Å². The first-order chi connectivity index (χ1) is 11.1. The molecule has 0 bridgehead atoms. The van der Waals surface area contributed by atoms with E-state index in [1.54, 1.807) is 40.8 Å². The highest BCUT2D eigenvalue weighted by Crippen LogP contribution is 2.15. The van der Waals surface area contributed by atoms with Crippen LogP contribution < -0.4 is 5.43 Å². The lowest BCUT2D eigenvalue weighted by Gasteiger charge is -2.26. The smallest absolute Gasteiger partial charge is 0.278 e. The third-order valence-electron chi connectivity index (χ3n) is 3.68. The lowest BCUT2D eigenvalue weighted by molar-refractivity contribution is 0.0763. The third kappa shape index (κ3) is 3.43. The Labute approximate surface area is 143 Å². The van der Waals surface area contributed by atoms with Gasteiger partial charge in [-0.3, -0.25) is 9.59 Å². The Balaban J connectivity index is 2.01. The van der Waals surface area contributed by atoms with Crippen molar-refractivity contribution in [2.45, 2.75) is 6.92 Å². The van der Waals surface area contributed by atoms with Crippen molar-refractivity contribution in [3.8, 4) is 5.69 Å². The van der Waals surface area contributed by atoms with E-state index in [2.05, 4.69) is 5.10 Å². The number of amides is 1. The Morgan fingerprint density at radius 3 is 2.52 bits per heavy atom. The number of hydrogen-bond donors (Lipinski definition) is 0. The molecular formula is C16H16ClN3O2S. The summed E-state index contributed by atoms with van der Waals surface area (Å²) in [5.74, 6) is 1.49. The number of carbonyl (C=O) groups excluding carboxylic acids is 1. The molecule has 1 aromatic heterocycles. The molecule has 2 aromatic rings. The zero-order valence-corrected chi connectivity index (χ0v) is 14.2. The van der Waals surface area contributed by atoms with Crippen LogP contribution in [-0.2, 0) is 0 Å². The summed E-state index contributed by atoms with van der Waals surface area (Å²) in [6.45, 7) is 3.09. The Morgan fingerprint density at radius 1 is 1.22 bits per heavy atom. The molecule has 7 heteroatoms. The largest absolute Gasteiger partial charge is 0.335 e. The number of rotatable bonds is 2. The SMILES string of the molecule is Cc1cc(=O)c(C(=O)N2CCSCC2)nn1-c1ccc(Cl)cc1. The second kappa shape index (κ2) is 6.76. The molecule has 1 amide bonds. The van der Waals surface area contributed by atoms with E-state index in [0.717, 1.165) is 17.2 Å². The Hall–Kier alpha value is -1.79. The van der Waals surface area contributed by atoms with Gasteiger partial charge in [-0.15, -0.1) is 0 Å². The molecule has 23 heavy (non-hydrogen) atoms. The third-order valence-corrected chi connectivity index (χ3v) is 4.87. The number of aryl methyl sites for hydroxylation is 1. The maximum absolute atomic E-state index is 12.6. The fraction of sp³-hybridized carbons (Fsp3) is 0.312. The highest BCUT2D eigenvalue weighted by Gasteiger charge is 2.23. The minimum Gasteiger partial charge on any atom is -0.335 e. The maximum Gasteiger partial charge on any atom is 0.278 e. The second-order valence-electron chi connectivity index (χ2n) is 5.29. The molecule has 0 radical (unpaired) electrons. The predicted molar refractivity (Wildman–Crippen MR) is 92.8 cm³/mol. The van der Waals surface area contributed by atoms with E-state index in [0.29, 0.717) is 23.8 Å². The lowest BCUT2D eigenvalue weighted by Crippen LogP contribution is -2.41. The summed E-state index contributed by atoms with van der Waals surface area (Å²) in [7, 11) is 0. The fourth-order valence-electron chi connectivity index (χ4n) is 2.46. The number of halogens is 1. The molecule has 0 N–H and O–H groups in total. The summed E-state index contributed by atoms with van der Waals surface area (Å²) in [6.07, 6.45) is 0. The highest BCUT2D eigenvalue weighted by molar-refractivity contribution is 7.99. The first-order valence-corrected chi connectivity index (χ1v) is 8.83. The Bertz CT molecular complexity index is 783. The molecule has 3 rings (SSSR count). The molecule has 1 aliphatic rings. The number of thioether (sulfide) groups is 1. The van der Waals surface area contributed by atoms with Gasteiger partial charge < -0.3 is 4.90 Å². The first kappa shape index (κ1) is 16.1. The topological polar surface area (TPSA) is 55.2 Å². The molecule has 1 aliphatic heterocycles. The second-order valence-corrected chi connectivity index (χ2v) is 6.95. The maximum atomic E-state index is 12.6. The van der Waals surface area contributed by atoms with E-state index in [9.17, 15) is 9.59 Å². The van der Waals surface area contributed by atoms with Gasteiger partial charge in [-0.1, -0.05) is 11.6 Å². The van der Waals surface area contributed by atoms with Crippen molar-refractivity contribution >= 4 is 29.3 Å². The summed E-state index contributed by atoms with van der Waals surface area (Å²) >= 11 is 7.71. The molecule has 120 valence electrons. The molecule has 0 atom stereocenters. The van der Waals surface area contributed by atoms with Crippen LogP contribution >= 0.6 is 23.4 Å². The van der Waals surface area contributed by atoms with E-state index < -0.39 is 0 Å². The van der Waals surface area contributed by atoms with Crippen LogP contribution in [0.5, 0.6) is 0 Å². The zero-order chi connectivity index (χ0) is 16.4. The molecule has 1 fully saturated rings. The number of nitrogens with zero attached hydrogens (tertiary/aromatic N) is 3. The molecule has 0 saturated carbocycles. The Morgan fingerprint density at radius 2 is 1.87 bits per heavy atom. The average Bonchev–Trinajstić information content (AvgIpc) is 2.56. The lowest BCUT2D eigenvalue weighted by atomic mass is 10.2. The standard InChI is InChI=1S/C16H16ClN3O2S/c1-11-10-14(21)15(16(22)19-6-8-23-9-7-19)18-20(11)13-4-2-12(17)3-5-13/h2-5,10H,6-9H2,1H3. The van der Waals surface area contributed by atoms with Crippen LogP contribution in [0, 0.1) is 6.92 Å². The molecule has 0 spiro atoms. The van der Waals surface area contributed by atoms with Gasteiger partial charge in [-0.25, -0.2) is 4.68 Å². The number of hydrogen-bond acceptors (Lipinski definition) is 4. The summed E-state index contributed by atoms with van der Waals surface area (Å²) < 4.78 is 1.60. The van der Waals surface area contributed by atoms with Crippen LogP contribution in [0.3, 0.4) is 0 Å². The van der Waals surface area contributed by atoms with E-state index >= 15 is 0 Å².